The summed E-state index contributed by atoms with van der Waals surface area (Å²) in [5.74, 6) is 2.93. The minimum atomic E-state index is -0.161. The zero-order chi connectivity index (χ0) is 19.5. The Kier molecular flexibility index (Phi) is 5.10. The predicted molar refractivity (Wildman–Crippen MR) is 105 cm³/mol. The van der Waals surface area contributed by atoms with E-state index in [0.29, 0.717) is 19.0 Å². The first-order chi connectivity index (χ1) is 13.6. The Labute approximate surface area is 164 Å². The fourth-order valence-corrected chi connectivity index (χ4v) is 3.28. The summed E-state index contributed by atoms with van der Waals surface area (Å²) in [6.07, 6.45) is 3.30. The topological polar surface area (TPSA) is 66.0 Å². The molecule has 0 bridgehead atoms. The molecule has 1 atom stereocenters. The molecule has 0 unspecified atom stereocenters. The molecule has 6 nitrogen and oxygen atoms in total. The molecule has 6 heteroatoms. The third-order valence-corrected chi connectivity index (χ3v) is 4.71. The number of nitrogens with one attached hydrogen (secondary N) is 1. The van der Waals surface area contributed by atoms with E-state index in [9.17, 15) is 4.79 Å². The number of amides is 1. The summed E-state index contributed by atoms with van der Waals surface area (Å²) in [7, 11) is 0. The second-order valence-electron chi connectivity index (χ2n) is 7.08. The van der Waals surface area contributed by atoms with Crippen LogP contribution in [0.4, 0.5) is 0 Å². The maximum atomic E-state index is 12.5. The summed E-state index contributed by atoms with van der Waals surface area (Å²) in [5.41, 5.74) is 1.86. The molecule has 0 aromatic heterocycles. The highest BCUT2D eigenvalue weighted by Gasteiger charge is 2.21. The van der Waals surface area contributed by atoms with Gasteiger partial charge in [-0.2, -0.15) is 0 Å². The lowest BCUT2D eigenvalue weighted by Gasteiger charge is -2.25. The van der Waals surface area contributed by atoms with Crippen LogP contribution >= 0.6 is 0 Å². The Bertz CT molecular complexity index is 906. The van der Waals surface area contributed by atoms with E-state index in [-0.39, 0.29) is 24.7 Å². The van der Waals surface area contributed by atoms with E-state index in [1.807, 2.05) is 36.4 Å². The van der Waals surface area contributed by atoms with Crippen molar-refractivity contribution in [2.45, 2.75) is 19.9 Å². The molecular weight excluding hydrogens is 358 g/mol. The first kappa shape index (κ1) is 18.2. The second-order valence-corrected chi connectivity index (χ2v) is 7.08. The maximum Gasteiger partial charge on any atom is 0.244 e. The normalized spacial score (nSPS) is 15.7. The van der Waals surface area contributed by atoms with Crippen molar-refractivity contribution in [3.05, 3.63) is 53.6 Å². The monoisotopic (exact) mass is 381 g/mol. The Hall–Kier alpha value is -3.15. The SMILES string of the molecule is CC(C)[C@@H](NC(=O)/C=C/c1ccc2c(c1)OCO2)c1ccc2c(c1)OCCO2. The summed E-state index contributed by atoms with van der Waals surface area (Å²) in [4.78, 5) is 12.5. The van der Waals surface area contributed by atoms with Gasteiger partial charge in [-0.05, 0) is 47.4 Å². The van der Waals surface area contributed by atoms with Gasteiger partial charge in [0.1, 0.15) is 13.2 Å². The first-order valence-electron chi connectivity index (χ1n) is 9.38. The predicted octanol–water partition coefficient (Wildman–Crippen LogP) is 3.71. The minimum absolute atomic E-state index is 0.135. The largest absolute Gasteiger partial charge is 0.486 e. The molecule has 1 N–H and O–H groups in total. The van der Waals surface area contributed by atoms with Crippen molar-refractivity contribution >= 4 is 12.0 Å². The Morgan fingerprint density at radius 2 is 1.61 bits per heavy atom. The van der Waals surface area contributed by atoms with E-state index in [2.05, 4.69) is 19.2 Å². The summed E-state index contributed by atoms with van der Waals surface area (Å²) >= 11 is 0. The molecule has 4 rings (SSSR count). The lowest BCUT2D eigenvalue weighted by molar-refractivity contribution is -0.117. The maximum absolute atomic E-state index is 12.5. The molecule has 0 saturated carbocycles. The average molecular weight is 381 g/mol. The lowest BCUT2D eigenvalue weighted by Crippen LogP contribution is -2.30. The van der Waals surface area contributed by atoms with Crippen molar-refractivity contribution < 1.29 is 23.7 Å². The standard InChI is InChI=1S/C22H23NO5/c1-14(2)22(16-5-7-17-20(12-16)26-10-9-25-17)23-21(24)8-4-15-3-6-18-19(11-15)28-13-27-18/h3-8,11-12,14,22H,9-10,13H2,1-2H3,(H,23,24)/b8-4+/t22-/m1/s1. The van der Waals surface area contributed by atoms with Gasteiger partial charge in [0.25, 0.3) is 0 Å². The summed E-state index contributed by atoms with van der Waals surface area (Å²) < 4.78 is 21.9. The van der Waals surface area contributed by atoms with E-state index in [1.54, 1.807) is 6.08 Å². The molecule has 0 fully saturated rings. The van der Waals surface area contributed by atoms with Crippen LogP contribution in [0.25, 0.3) is 6.08 Å². The van der Waals surface area contributed by atoms with Crippen LogP contribution in [0.15, 0.2) is 42.5 Å². The number of carbonyl (C=O) groups excluding carboxylic acids is 1. The van der Waals surface area contributed by atoms with Crippen molar-refractivity contribution in [2.24, 2.45) is 5.92 Å². The van der Waals surface area contributed by atoms with Crippen molar-refractivity contribution in [1.29, 1.82) is 0 Å². The van der Waals surface area contributed by atoms with Gasteiger partial charge in [0, 0.05) is 6.08 Å². The van der Waals surface area contributed by atoms with Crippen LogP contribution in [-0.2, 0) is 4.79 Å². The Morgan fingerprint density at radius 1 is 0.929 bits per heavy atom. The van der Waals surface area contributed by atoms with Crippen LogP contribution < -0.4 is 24.3 Å². The number of hydrogen-bond donors (Lipinski definition) is 1. The van der Waals surface area contributed by atoms with Gasteiger partial charge in [-0.1, -0.05) is 26.0 Å². The van der Waals surface area contributed by atoms with Crippen LogP contribution in [0, 0.1) is 5.92 Å². The van der Waals surface area contributed by atoms with Crippen molar-refractivity contribution in [1.82, 2.24) is 5.32 Å². The molecule has 2 aromatic carbocycles. The molecule has 2 heterocycles. The lowest BCUT2D eigenvalue weighted by atomic mass is 9.95. The third kappa shape index (κ3) is 3.91. The molecule has 2 aliphatic rings. The van der Waals surface area contributed by atoms with E-state index >= 15 is 0 Å². The molecule has 0 radical (unpaired) electrons. The van der Waals surface area contributed by atoms with Crippen LogP contribution in [0.2, 0.25) is 0 Å². The van der Waals surface area contributed by atoms with Gasteiger partial charge in [0.05, 0.1) is 6.04 Å². The fourth-order valence-electron chi connectivity index (χ4n) is 3.28. The molecule has 2 aromatic rings. The quantitative estimate of drug-likeness (QED) is 0.800. The smallest absolute Gasteiger partial charge is 0.244 e. The number of benzene rings is 2. The van der Waals surface area contributed by atoms with E-state index in [4.69, 9.17) is 18.9 Å². The summed E-state index contributed by atoms with van der Waals surface area (Å²) in [5, 5.41) is 3.08. The van der Waals surface area contributed by atoms with Gasteiger partial charge in [-0.25, -0.2) is 0 Å². The van der Waals surface area contributed by atoms with Gasteiger partial charge >= 0.3 is 0 Å². The molecule has 28 heavy (non-hydrogen) atoms. The van der Waals surface area contributed by atoms with Gasteiger partial charge in [-0.15, -0.1) is 0 Å². The van der Waals surface area contributed by atoms with E-state index in [1.165, 1.54) is 6.08 Å². The minimum Gasteiger partial charge on any atom is -0.486 e. The van der Waals surface area contributed by atoms with Crippen LogP contribution in [0.5, 0.6) is 23.0 Å². The van der Waals surface area contributed by atoms with Gasteiger partial charge in [0.15, 0.2) is 23.0 Å². The number of fused-ring (bicyclic) bond motifs is 2. The van der Waals surface area contributed by atoms with Crippen molar-refractivity contribution in [3.8, 4) is 23.0 Å². The highest BCUT2D eigenvalue weighted by Crippen LogP contribution is 2.35. The van der Waals surface area contributed by atoms with Crippen molar-refractivity contribution in [3.63, 3.8) is 0 Å². The highest BCUT2D eigenvalue weighted by atomic mass is 16.7. The van der Waals surface area contributed by atoms with Crippen LogP contribution in [0.3, 0.4) is 0 Å². The number of rotatable bonds is 5. The van der Waals surface area contributed by atoms with Gasteiger partial charge in [-0.3, -0.25) is 4.79 Å². The van der Waals surface area contributed by atoms with Crippen molar-refractivity contribution in [2.75, 3.05) is 20.0 Å². The summed E-state index contributed by atoms with van der Waals surface area (Å²) in [6, 6.07) is 11.3. The van der Waals surface area contributed by atoms with Gasteiger partial charge in [0.2, 0.25) is 12.7 Å². The molecule has 0 saturated heterocycles. The highest BCUT2D eigenvalue weighted by molar-refractivity contribution is 5.92. The van der Waals surface area contributed by atoms with E-state index < -0.39 is 0 Å². The van der Waals surface area contributed by atoms with Gasteiger partial charge < -0.3 is 24.3 Å². The molecule has 0 spiro atoms. The fraction of sp³-hybridized carbons (Fsp3) is 0.318. The van der Waals surface area contributed by atoms with E-state index in [0.717, 1.165) is 28.4 Å². The zero-order valence-electron chi connectivity index (χ0n) is 15.9. The second kappa shape index (κ2) is 7.84. The first-order valence-corrected chi connectivity index (χ1v) is 9.38. The number of hydrogen-bond acceptors (Lipinski definition) is 5. The average Bonchev–Trinajstić information content (AvgIpc) is 3.18. The molecule has 146 valence electrons. The molecular formula is C22H23NO5. The number of ether oxygens (including phenoxy) is 4. The zero-order valence-corrected chi connectivity index (χ0v) is 15.9. The molecule has 2 aliphatic heterocycles. The molecule has 0 aliphatic carbocycles. The molecule has 1 amide bonds. The Morgan fingerprint density at radius 3 is 2.43 bits per heavy atom. The third-order valence-electron chi connectivity index (χ3n) is 4.71. The Balaban J connectivity index is 1.46. The van der Waals surface area contributed by atoms with Crippen LogP contribution in [-0.4, -0.2) is 25.9 Å². The number of carbonyl (C=O) groups is 1. The van der Waals surface area contributed by atoms with Crippen LogP contribution in [0.1, 0.15) is 31.0 Å². The summed E-state index contributed by atoms with van der Waals surface area (Å²) in [6.45, 7) is 5.47.